The molecule has 0 amide bonds. The largest absolute Gasteiger partial charge is 1.00 e. The summed E-state index contributed by atoms with van der Waals surface area (Å²) in [6.45, 7) is 0. The molecule has 0 aromatic rings. The van der Waals surface area contributed by atoms with Crippen LogP contribution in [0.3, 0.4) is 0 Å². The number of carbonyl (C=O) groups is 1. The average Bonchev–Trinajstić information content (AvgIpc) is 2.14. The number of carboxylic acids is 1. The number of halogens is 1. The van der Waals surface area contributed by atoms with Gasteiger partial charge in [0.25, 0.3) is 0 Å². The lowest BCUT2D eigenvalue weighted by atomic mass is 9.48. The molecule has 3 nitrogen and oxygen atoms in total. The Morgan fingerprint density at radius 3 is 1.81 bits per heavy atom. The van der Waals surface area contributed by atoms with Crippen LogP contribution in [0.25, 0.3) is 0 Å². The lowest BCUT2D eigenvalue weighted by Gasteiger charge is -2.56. The SMILES string of the molecule is [Cl-].[NH3+][C@@H](C(=O)O)C12CC3CC(CC(C3)C1)C2. The van der Waals surface area contributed by atoms with E-state index in [1.54, 1.807) is 0 Å². The summed E-state index contributed by atoms with van der Waals surface area (Å²) in [6.07, 6.45) is 7.52. The van der Waals surface area contributed by atoms with Gasteiger partial charge in [-0.25, -0.2) is 4.79 Å². The normalized spacial score (nSPS) is 46.2. The van der Waals surface area contributed by atoms with Crippen molar-refractivity contribution in [2.45, 2.75) is 44.6 Å². The monoisotopic (exact) mass is 245 g/mol. The number of carboxylic acid groups (broad SMARTS) is 1. The molecule has 0 unspecified atom stereocenters. The summed E-state index contributed by atoms with van der Waals surface area (Å²) in [7, 11) is 0. The molecule has 0 saturated heterocycles. The Morgan fingerprint density at radius 2 is 1.50 bits per heavy atom. The highest BCUT2D eigenvalue weighted by atomic mass is 35.5. The number of hydrogen-bond acceptors (Lipinski definition) is 1. The van der Waals surface area contributed by atoms with Gasteiger partial charge in [0, 0.05) is 5.41 Å². The zero-order valence-electron chi connectivity index (χ0n) is 9.49. The van der Waals surface area contributed by atoms with E-state index < -0.39 is 5.97 Å². The second-order valence-corrected chi connectivity index (χ2v) is 6.17. The van der Waals surface area contributed by atoms with Gasteiger partial charge in [-0.05, 0) is 56.3 Å². The summed E-state index contributed by atoms with van der Waals surface area (Å²) in [6, 6.07) is -0.370. The molecule has 4 aliphatic carbocycles. The smallest absolute Gasteiger partial charge is 0.362 e. The van der Waals surface area contributed by atoms with Crippen LogP contribution in [0.2, 0.25) is 0 Å². The average molecular weight is 246 g/mol. The Balaban J connectivity index is 0.000000963. The van der Waals surface area contributed by atoms with Crippen LogP contribution >= 0.6 is 0 Å². The van der Waals surface area contributed by atoms with E-state index in [2.05, 4.69) is 5.73 Å². The lowest BCUT2D eigenvalue weighted by Crippen LogP contribution is -3.00. The molecule has 0 aliphatic heterocycles. The van der Waals surface area contributed by atoms with Crippen LogP contribution < -0.4 is 18.1 Å². The highest BCUT2D eigenvalue weighted by Gasteiger charge is 2.56. The minimum atomic E-state index is -0.683. The maximum atomic E-state index is 11.2. The molecule has 92 valence electrons. The maximum Gasteiger partial charge on any atom is 0.362 e. The van der Waals surface area contributed by atoms with Gasteiger partial charge in [-0.3, -0.25) is 0 Å². The first-order valence-corrected chi connectivity index (χ1v) is 6.15. The van der Waals surface area contributed by atoms with Crippen molar-refractivity contribution in [3.05, 3.63) is 0 Å². The van der Waals surface area contributed by atoms with Crippen molar-refractivity contribution < 1.29 is 28.0 Å². The van der Waals surface area contributed by atoms with Gasteiger partial charge in [0.15, 0.2) is 6.04 Å². The van der Waals surface area contributed by atoms with Crippen molar-refractivity contribution in [3.63, 3.8) is 0 Å². The zero-order valence-corrected chi connectivity index (χ0v) is 10.2. The molecule has 16 heavy (non-hydrogen) atoms. The number of rotatable bonds is 2. The van der Waals surface area contributed by atoms with Gasteiger partial charge < -0.3 is 23.2 Å². The van der Waals surface area contributed by atoms with Gasteiger partial charge in [-0.2, -0.15) is 0 Å². The molecular weight excluding hydrogens is 226 g/mol. The number of aliphatic carboxylic acids is 1. The van der Waals surface area contributed by atoms with Gasteiger partial charge in [-0.15, -0.1) is 0 Å². The third-order valence-corrected chi connectivity index (χ3v) is 5.12. The molecule has 0 aromatic carbocycles. The van der Waals surface area contributed by atoms with E-state index in [1.165, 1.54) is 19.3 Å². The number of hydrogen-bond donors (Lipinski definition) is 2. The minimum Gasteiger partial charge on any atom is -1.00 e. The van der Waals surface area contributed by atoms with Crippen LogP contribution in [0.15, 0.2) is 0 Å². The maximum absolute atomic E-state index is 11.2. The molecule has 4 fully saturated rings. The molecular formula is C12H20ClNO2. The summed E-state index contributed by atoms with van der Waals surface area (Å²) < 4.78 is 0. The second kappa shape index (κ2) is 3.88. The van der Waals surface area contributed by atoms with Crippen molar-refractivity contribution in [3.8, 4) is 0 Å². The molecule has 4 saturated carbocycles. The van der Waals surface area contributed by atoms with E-state index in [1.807, 2.05) is 0 Å². The van der Waals surface area contributed by atoms with Crippen LogP contribution in [0.1, 0.15) is 38.5 Å². The van der Waals surface area contributed by atoms with Crippen LogP contribution in [-0.4, -0.2) is 17.1 Å². The Labute approximate surface area is 102 Å². The topological polar surface area (TPSA) is 64.9 Å². The van der Waals surface area contributed by atoms with E-state index in [9.17, 15) is 9.90 Å². The van der Waals surface area contributed by atoms with E-state index in [0.29, 0.717) is 0 Å². The van der Waals surface area contributed by atoms with Crippen LogP contribution in [0, 0.1) is 23.2 Å². The van der Waals surface area contributed by atoms with Crippen molar-refractivity contribution in [1.29, 1.82) is 0 Å². The van der Waals surface area contributed by atoms with Crippen LogP contribution in [-0.2, 0) is 4.79 Å². The molecule has 0 aromatic heterocycles. The molecule has 4 aliphatic rings. The Hall–Kier alpha value is -0.280. The van der Waals surface area contributed by atoms with Gasteiger partial charge in [0.1, 0.15) is 0 Å². The van der Waals surface area contributed by atoms with Crippen molar-refractivity contribution in [2.24, 2.45) is 23.2 Å². The van der Waals surface area contributed by atoms with E-state index in [4.69, 9.17) is 0 Å². The Morgan fingerprint density at radius 1 is 1.12 bits per heavy atom. The molecule has 4 bridgehead atoms. The van der Waals surface area contributed by atoms with Crippen LogP contribution in [0.4, 0.5) is 0 Å². The third kappa shape index (κ3) is 1.65. The van der Waals surface area contributed by atoms with E-state index in [0.717, 1.165) is 37.0 Å². The molecule has 0 radical (unpaired) electrons. The summed E-state index contributed by atoms with van der Waals surface area (Å²) in [5, 5.41) is 9.18. The van der Waals surface area contributed by atoms with Gasteiger partial charge >= 0.3 is 5.97 Å². The van der Waals surface area contributed by atoms with Gasteiger partial charge in [-0.1, -0.05) is 0 Å². The first-order chi connectivity index (χ1) is 7.09. The predicted molar refractivity (Wildman–Crippen MR) is 54.9 cm³/mol. The Bertz CT molecular complexity index is 270. The molecule has 4 N–H and O–H groups in total. The summed E-state index contributed by atoms with van der Waals surface area (Å²) >= 11 is 0. The highest BCUT2D eigenvalue weighted by molar-refractivity contribution is 5.72. The second-order valence-electron chi connectivity index (χ2n) is 6.17. The fourth-order valence-electron chi connectivity index (χ4n) is 4.87. The Kier molecular flexibility index (Phi) is 2.96. The predicted octanol–water partition coefficient (Wildman–Crippen LogP) is -2.10. The van der Waals surface area contributed by atoms with Gasteiger partial charge in [0.2, 0.25) is 0 Å². The molecule has 1 atom stereocenters. The minimum absolute atomic E-state index is 0. The van der Waals surface area contributed by atoms with Crippen LogP contribution in [0.5, 0.6) is 0 Å². The van der Waals surface area contributed by atoms with E-state index >= 15 is 0 Å². The lowest BCUT2D eigenvalue weighted by molar-refractivity contribution is -0.444. The first-order valence-electron chi connectivity index (χ1n) is 6.15. The molecule has 4 rings (SSSR count). The van der Waals surface area contributed by atoms with Crippen molar-refractivity contribution in [1.82, 2.24) is 0 Å². The number of quaternary nitrogens is 1. The zero-order chi connectivity index (χ0) is 10.6. The molecule has 0 heterocycles. The summed E-state index contributed by atoms with van der Waals surface area (Å²) in [5.41, 5.74) is 4.00. The third-order valence-electron chi connectivity index (χ3n) is 5.12. The standard InChI is InChI=1S/C12H19NO2.ClH/c13-10(11(14)15)12-4-7-1-8(5-12)3-9(2-7)6-12;/h7-10H,1-6,13H2,(H,14,15);1H/t7?,8?,9?,10-,12?;/m0./s1. The van der Waals surface area contributed by atoms with Crippen molar-refractivity contribution >= 4 is 5.97 Å². The summed E-state index contributed by atoms with van der Waals surface area (Å²) in [5.74, 6) is 1.77. The van der Waals surface area contributed by atoms with E-state index in [-0.39, 0.29) is 23.9 Å². The molecule has 0 spiro atoms. The quantitative estimate of drug-likeness (QED) is 0.586. The fourth-order valence-corrected chi connectivity index (χ4v) is 4.87. The summed E-state index contributed by atoms with van der Waals surface area (Å²) in [4.78, 5) is 11.2. The first kappa shape index (κ1) is 12.2. The van der Waals surface area contributed by atoms with Crippen molar-refractivity contribution in [2.75, 3.05) is 0 Å². The highest BCUT2D eigenvalue weighted by Crippen LogP contribution is 2.60. The molecule has 4 heteroatoms. The van der Waals surface area contributed by atoms with Gasteiger partial charge in [0.05, 0.1) is 0 Å². The fraction of sp³-hybridized carbons (Fsp3) is 0.917.